The molecule has 0 spiro atoms. The van der Waals surface area contributed by atoms with Crippen LogP contribution in [-0.4, -0.2) is 22.0 Å². The monoisotopic (exact) mass is 408 g/mol. The van der Waals surface area contributed by atoms with Gasteiger partial charge in [0.1, 0.15) is 17.3 Å². The fourth-order valence-corrected chi connectivity index (χ4v) is 3.65. The lowest BCUT2D eigenvalue weighted by Crippen LogP contribution is -2.27. The molecule has 7 nitrogen and oxygen atoms in total. The van der Waals surface area contributed by atoms with Crippen molar-refractivity contribution in [3.05, 3.63) is 71.2 Å². The third kappa shape index (κ3) is 4.17. The van der Waals surface area contributed by atoms with Crippen LogP contribution >= 0.6 is 11.8 Å². The summed E-state index contributed by atoms with van der Waals surface area (Å²) in [5, 5.41) is 2.35. The molecule has 146 valence electrons. The number of amides is 3. The minimum Gasteiger partial charge on any atom is -0.467 e. The van der Waals surface area contributed by atoms with Gasteiger partial charge in [0.25, 0.3) is 11.1 Å². The van der Waals surface area contributed by atoms with Crippen LogP contribution in [0.25, 0.3) is 17.4 Å². The predicted molar refractivity (Wildman–Crippen MR) is 109 cm³/mol. The maximum absolute atomic E-state index is 12.5. The van der Waals surface area contributed by atoms with Gasteiger partial charge in [-0.2, -0.15) is 0 Å². The van der Waals surface area contributed by atoms with Crippen LogP contribution in [0, 0.1) is 0 Å². The largest absolute Gasteiger partial charge is 0.467 e. The van der Waals surface area contributed by atoms with E-state index in [1.807, 2.05) is 12.1 Å². The molecular formula is C21H16N2O5S. The Balaban J connectivity index is 1.49. The van der Waals surface area contributed by atoms with Crippen LogP contribution in [0.1, 0.15) is 18.4 Å². The summed E-state index contributed by atoms with van der Waals surface area (Å²) in [6, 6.07) is 14.1. The molecule has 0 aliphatic carbocycles. The summed E-state index contributed by atoms with van der Waals surface area (Å²) < 4.78 is 11.0. The Bertz CT molecular complexity index is 1100. The molecule has 1 fully saturated rings. The second-order valence-corrected chi connectivity index (χ2v) is 7.30. The Kier molecular flexibility index (Phi) is 5.09. The maximum Gasteiger partial charge on any atom is 0.293 e. The summed E-state index contributed by atoms with van der Waals surface area (Å²) in [6.07, 6.45) is 3.06. The van der Waals surface area contributed by atoms with Crippen LogP contribution in [0.5, 0.6) is 0 Å². The Morgan fingerprint density at radius 1 is 1.14 bits per heavy atom. The first-order valence-corrected chi connectivity index (χ1v) is 9.57. The number of carbonyl (C=O) groups is 3. The van der Waals surface area contributed by atoms with Gasteiger partial charge >= 0.3 is 0 Å². The Morgan fingerprint density at radius 3 is 2.62 bits per heavy atom. The molecule has 1 aromatic carbocycles. The minimum atomic E-state index is -0.381. The average Bonchev–Trinajstić information content (AvgIpc) is 3.41. The van der Waals surface area contributed by atoms with Crippen molar-refractivity contribution in [1.29, 1.82) is 0 Å². The van der Waals surface area contributed by atoms with E-state index < -0.39 is 0 Å². The molecule has 4 rings (SSSR count). The third-order valence-corrected chi connectivity index (χ3v) is 5.06. The lowest BCUT2D eigenvalue weighted by molar-refractivity contribution is -0.123. The molecule has 1 saturated heterocycles. The van der Waals surface area contributed by atoms with Gasteiger partial charge in [0.2, 0.25) is 5.91 Å². The summed E-state index contributed by atoms with van der Waals surface area (Å²) in [6.45, 7) is 1.54. The number of imide groups is 1. The van der Waals surface area contributed by atoms with Crippen LogP contribution in [-0.2, 0) is 16.1 Å². The number of nitrogens with one attached hydrogen (secondary N) is 1. The number of rotatable bonds is 5. The van der Waals surface area contributed by atoms with E-state index in [0.717, 1.165) is 22.2 Å². The van der Waals surface area contributed by atoms with Crippen molar-refractivity contribution in [3.63, 3.8) is 0 Å². The van der Waals surface area contributed by atoms with Crippen molar-refractivity contribution >= 4 is 40.6 Å². The molecule has 2 aromatic heterocycles. The number of hydrogen-bond acceptors (Lipinski definition) is 6. The number of benzene rings is 1. The highest BCUT2D eigenvalue weighted by Crippen LogP contribution is 2.34. The molecule has 3 aromatic rings. The van der Waals surface area contributed by atoms with Crippen LogP contribution in [0.4, 0.5) is 10.5 Å². The van der Waals surface area contributed by atoms with E-state index >= 15 is 0 Å². The van der Waals surface area contributed by atoms with Crippen molar-refractivity contribution < 1.29 is 23.2 Å². The Labute approximate surface area is 170 Å². The van der Waals surface area contributed by atoms with Crippen LogP contribution in [0.2, 0.25) is 0 Å². The molecule has 1 aliphatic rings. The smallest absolute Gasteiger partial charge is 0.293 e. The lowest BCUT2D eigenvalue weighted by atomic mass is 10.1. The van der Waals surface area contributed by atoms with Crippen LogP contribution in [0.15, 0.2) is 68.5 Å². The first-order chi connectivity index (χ1) is 14.0. The van der Waals surface area contributed by atoms with Gasteiger partial charge in [-0.05, 0) is 60.3 Å². The molecule has 0 bridgehead atoms. The molecule has 8 heteroatoms. The summed E-state index contributed by atoms with van der Waals surface area (Å²) in [4.78, 5) is 37.3. The molecule has 0 radical (unpaired) electrons. The van der Waals surface area contributed by atoms with Crippen molar-refractivity contribution in [2.75, 3.05) is 5.32 Å². The number of furan rings is 2. The van der Waals surface area contributed by atoms with E-state index in [-0.39, 0.29) is 23.6 Å². The molecule has 3 amide bonds. The van der Waals surface area contributed by atoms with Crippen molar-refractivity contribution in [3.8, 4) is 11.3 Å². The van der Waals surface area contributed by atoms with Gasteiger partial charge in [-0.1, -0.05) is 0 Å². The zero-order valence-corrected chi connectivity index (χ0v) is 16.2. The highest BCUT2D eigenvalue weighted by Gasteiger charge is 2.35. The average molecular weight is 408 g/mol. The number of anilines is 1. The van der Waals surface area contributed by atoms with Crippen molar-refractivity contribution in [2.24, 2.45) is 0 Å². The molecule has 1 aliphatic heterocycles. The predicted octanol–water partition coefficient (Wildman–Crippen LogP) is 4.73. The Hall–Kier alpha value is -3.52. The SMILES string of the molecule is CC(=O)Nc1ccc(-c2ccc(/C=C3/SC(=O)N(Cc4ccco4)C3=O)o2)cc1. The number of carbonyl (C=O) groups excluding carboxylic acids is 3. The van der Waals surface area contributed by atoms with E-state index in [1.165, 1.54) is 13.2 Å². The quantitative estimate of drug-likeness (QED) is 0.613. The van der Waals surface area contributed by atoms with E-state index in [1.54, 1.807) is 42.5 Å². The van der Waals surface area contributed by atoms with Crippen LogP contribution < -0.4 is 5.32 Å². The Morgan fingerprint density at radius 2 is 1.93 bits per heavy atom. The van der Waals surface area contributed by atoms with Crippen molar-refractivity contribution in [2.45, 2.75) is 13.5 Å². The maximum atomic E-state index is 12.5. The first-order valence-electron chi connectivity index (χ1n) is 8.75. The zero-order valence-electron chi connectivity index (χ0n) is 15.4. The normalized spacial score (nSPS) is 15.3. The standard InChI is InChI=1S/C21H16N2O5S/c1-13(24)22-15-6-4-14(5-7-15)18-9-8-16(28-18)11-19-20(25)23(21(26)29-19)12-17-3-2-10-27-17/h2-11H,12H2,1H3,(H,22,24)/b19-11+. The van der Waals surface area contributed by atoms with E-state index in [2.05, 4.69) is 5.32 Å². The van der Waals surface area contributed by atoms with Gasteiger partial charge in [0.05, 0.1) is 17.7 Å². The van der Waals surface area contributed by atoms with Crippen molar-refractivity contribution in [1.82, 2.24) is 4.90 Å². The molecule has 3 heterocycles. The van der Waals surface area contributed by atoms with E-state index in [0.29, 0.717) is 27.9 Å². The fourth-order valence-electron chi connectivity index (χ4n) is 2.83. The second-order valence-electron chi connectivity index (χ2n) is 6.31. The fraction of sp³-hybridized carbons (Fsp3) is 0.0952. The first kappa shape index (κ1) is 18.8. The summed E-state index contributed by atoms with van der Waals surface area (Å²) in [5.41, 5.74) is 1.52. The molecule has 1 N–H and O–H groups in total. The third-order valence-electron chi connectivity index (χ3n) is 4.16. The van der Waals surface area contributed by atoms with E-state index in [9.17, 15) is 14.4 Å². The summed E-state index contributed by atoms with van der Waals surface area (Å²) >= 11 is 0.868. The number of thioether (sulfide) groups is 1. The molecule has 0 unspecified atom stereocenters. The van der Waals surface area contributed by atoms with Gasteiger partial charge < -0.3 is 14.2 Å². The highest BCUT2D eigenvalue weighted by molar-refractivity contribution is 8.18. The van der Waals surface area contributed by atoms with Gasteiger partial charge in [-0.15, -0.1) is 0 Å². The molecule has 0 atom stereocenters. The highest BCUT2D eigenvalue weighted by atomic mass is 32.2. The van der Waals surface area contributed by atoms with Gasteiger partial charge in [-0.25, -0.2) is 0 Å². The second kappa shape index (κ2) is 7.84. The van der Waals surface area contributed by atoms with Gasteiger partial charge in [0, 0.05) is 24.3 Å². The number of nitrogens with zero attached hydrogens (tertiary/aromatic N) is 1. The topological polar surface area (TPSA) is 92.8 Å². The van der Waals surface area contributed by atoms with Gasteiger partial charge in [0.15, 0.2) is 0 Å². The van der Waals surface area contributed by atoms with Crippen LogP contribution in [0.3, 0.4) is 0 Å². The summed E-state index contributed by atoms with van der Waals surface area (Å²) in [7, 11) is 0. The van der Waals surface area contributed by atoms with Gasteiger partial charge in [-0.3, -0.25) is 19.3 Å². The zero-order chi connectivity index (χ0) is 20.4. The molecule has 0 saturated carbocycles. The minimum absolute atomic E-state index is 0.0963. The van der Waals surface area contributed by atoms with E-state index in [4.69, 9.17) is 8.83 Å². The lowest BCUT2D eigenvalue weighted by Gasteiger charge is -2.09. The molecule has 29 heavy (non-hydrogen) atoms. The number of hydrogen-bond donors (Lipinski definition) is 1. The summed E-state index contributed by atoms with van der Waals surface area (Å²) in [5.74, 6) is 1.10. The molecular weight excluding hydrogens is 392 g/mol.